The highest BCUT2D eigenvalue weighted by Crippen LogP contribution is 2.28. The normalized spacial score (nSPS) is 13.2. The SMILES string of the molecule is CCC[C@@H](c1cncc2cnncc12)N(C)C. The lowest BCUT2D eigenvalue weighted by Crippen LogP contribution is -2.20. The maximum absolute atomic E-state index is 4.30. The van der Waals surface area contributed by atoms with E-state index in [2.05, 4.69) is 41.1 Å². The van der Waals surface area contributed by atoms with Crippen molar-refractivity contribution in [1.29, 1.82) is 0 Å². The Labute approximate surface area is 102 Å². The summed E-state index contributed by atoms with van der Waals surface area (Å²) in [7, 11) is 4.21. The first-order valence-electron chi connectivity index (χ1n) is 5.94. The first-order chi connectivity index (χ1) is 8.24. The van der Waals surface area contributed by atoms with Crippen LogP contribution in [-0.4, -0.2) is 34.2 Å². The van der Waals surface area contributed by atoms with Gasteiger partial charge in [-0.05, 0) is 26.1 Å². The Morgan fingerprint density at radius 2 is 1.88 bits per heavy atom. The summed E-state index contributed by atoms with van der Waals surface area (Å²) in [5.74, 6) is 0. The number of fused-ring (bicyclic) bond motifs is 1. The Hall–Kier alpha value is -1.55. The molecule has 0 spiro atoms. The smallest absolute Gasteiger partial charge is 0.0590 e. The molecule has 0 amide bonds. The van der Waals surface area contributed by atoms with Gasteiger partial charge < -0.3 is 4.90 Å². The van der Waals surface area contributed by atoms with Crippen molar-refractivity contribution in [2.75, 3.05) is 14.1 Å². The third-order valence-electron chi connectivity index (χ3n) is 3.04. The number of pyridine rings is 1. The summed E-state index contributed by atoms with van der Waals surface area (Å²) < 4.78 is 0. The molecule has 4 nitrogen and oxygen atoms in total. The van der Waals surface area contributed by atoms with Crippen molar-refractivity contribution in [3.8, 4) is 0 Å². The van der Waals surface area contributed by atoms with Crippen LogP contribution in [-0.2, 0) is 0 Å². The molecule has 0 radical (unpaired) electrons. The van der Waals surface area contributed by atoms with E-state index < -0.39 is 0 Å². The van der Waals surface area contributed by atoms with Crippen molar-refractivity contribution in [3.63, 3.8) is 0 Å². The molecule has 0 aromatic carbocycles. The standard InChI is InChI=1S/C13H18N4/c1-4-5-13(17(2)3)12-8-14-6-10-7-15-16-9-11(10)12/h6-9,13H,4-5H2,1-3H3/t13-/m0/s1. The molecule has 4 heteroatoms. The molecule has 2 heterocycles. The highest BCUT2D eigenvalue weighted by Gasteiger charge is 2.16. The lowest BCUT2D eigenvalue weighted by Gasteiger charge is -2.25. The molecule has 0 fully saturated rings. The van der Waals surface area contributed by atoms with Gasteiger partial charge in [-0.1, -0.05) is 13.3 Å². The van der Waals surface area contributed by atoms with Crippen LogP contribution in [0, 0.1) is 0 Å². The van der Waals surface area contributed by atoms with Gasteiger partial charge in [-0.2, -0.15) is 10.2 Å². The maximum Gasteiger partial charge on any atom is 0.0590 e. The van der Waals surface area contributed by atoms with Gasteiger partial charge >= 0.3 is 0 Å². The van der Waals surface area contributed by atoms with Crippen molar-refractivity contribution in [2.45, 2.75) is 25.8 Å². The van der Waals surface area contributed by atoms with Crippen molar-refractivity contribution < 1.29 is 0 Å². The molecule has 2 rings (SSSR count). The van der Waals surface area contributed by atoms with E-state index in [-0.39, 0.29) is 0 Å². The summed E-state index contributed by atoms with van der Waals surface area (Å²) >= 11 is 0. The molecule has 0 bridgehead atoms. The van der Waals surface area contributed by atoms with Crippen LogP contribution in [0.2, 0.25) is 0 Å². The minimum atomic E-state index is 0.389. The van der Waals surface area contributed by atoms with Crippen LogP contribution in [0.5, 0.6) is 0 Å². The minimum absolute atomic E-state index is 0.389. The molecule has 1 atom stereocenters. The Balaban J connectivity index is 2.52. The van der Waals surface area contributed by atoms with E-state index in [0.29, 0.717) is 6.04 Å². The first kappa shape index (κ1) is 11.9. The first-order valence-corrected chi connectivity index (χ1v) is 5.94. The van der Waals surface area contributed by atoms with E-state index in [1.807, 2.05) is 18.6 Å². The van der Waals surface area contributed by atoms with Gasteiger partial charge in [0.05, 0.1) is 12.4 Å². The van der Waals surface area contributed by atoms with E-state index in [1.165, 1.54) is 5.56 Å². The van der Waals surface area contributed by atoms with Gasteiger partial charge in [0.15, 0.2) is 0 Å². The summed E-state index contributed by atoms with van der Waals surface area (Å²) in [5.41, 5.74) is 1.24. The van der Waals surface area contributed by atoms with Crippen LogP contribution in [0.4, 0.5) is 0 Å². The van der Waals surface area contributed by atoms with Crippen molar-refractivity contribution in [3.05, 3.63) is 30.4 Å². The monoisotopic (exact) mass is 230 g/mol. The van der Waals surface area contributed by atoms with Gasteiger partial charge in [0.25, 0.3) is 0 Å². The summed E-state index contributed by atoms with van der Waals surface area (Å²) in [4.78, 5) is 6.54. The average Bonchev–Trinajstić information content (AvgIpc) is 2.35. The molecule has 0 aliphatic rings. The van der Waals surface area contributed by atoms with Gasteiger partial charge in [0, 0.05) is 29.2 Å². The fourth-order valence-electron chi connectivity index (χ4n) is 2.17. The van der Waals surface area contributed by atoms with Crippen LogP contribution in [0.15, 0.2) is 24.8 Å². The van der Waals surface area contributed by atoms with Crippen LogP contribution in [0.25, 0.3) is 10.8 Å². The summed E-state index contributed by atoms with van der Waals surface area (Å²) in [6, 6.07) is 0.389. The van der Waals surface area contributed by atoms with Crippen molar-refractivity contribution in [1.82, 2.24) is 20.1 Å². The van der Waals surface area contributed by atoms with Gasteiger partial charge in [0.2, 0.25) is 0 Å². The van der Waals surface area contributed by atoms with Crippen LogP contribution in [0.3, 0.4) is 0 Å². The minimum Gasteiger partial charge on any atom is -0.302 e. The lowest BCUT2D eigenvalue weighted by molar-refractivity contribution is 0.283. The number of hydrogen-bond acceptors (Lipinski definition) is 4. The second-order valence-electron chi connectivity index (χ2n) is 4.49. The van der Waals surface area contributed by atoms with E-state index >= 15 is 0 Å². The Bertz CT molecular complexity index is 490. The molecule has 0 unspecified atom stereocenters. The Kier molecular flexibility index (Phi) is 3.64. The summed E-state index contributed by atoms with van der Waals surface area (Å²) in [5, 5.41) is 10.1. The maximum atomic E-state index is 4.30. The predicted octanol–water partition coefficient (Wildman–Crippen LogP) is 2.43. The predicted molar refractivity (Wildman–Crippen MR) is 68.7 cm³/mol. The highest BCUT2D eigenvalue weighted by atomic mass is 15.1. The van der Waals surface area contributed by atoms with Crippen LogP contribution >= 0.6 is 0 Å². The quantitative estimate of drug-likeness (QED) is 0.809. The van der Waals surface area contributed by atoms with Gasteiger partial charge in [-0.25, -0.2) is 0 Å². The van der Waals surface area contributed by atoms with Crippen molar-refractivity contribution >= 4 is 10.8 Å². The molecular formula is C13H18N4. The summed E-state index contributed by atoms with van der Waals surface area (Å²) in [6.45, 7) is 2.20. The van der Waals surface area contributed by atoms with E-state index in [1.54, 1.807) is 6.20 Å². The highest BCUT2D eigenvalue weighted by molar-refractivity contribution is 5.83. The van der Waals surface area contributed by atoms with E-state index in [9.17, 15) is 0 Å². The Morgan fingerprint density at radius 1 is 1.12 bits per heavy atom. The van der Waals surface area contributed by atoms with Crippen molar-refractivity contribution in [2.24, 2.45) is 0 Å². The molecule has 2 aromatic heterocycles. The summed E-state index contributed by atoms with van der Waals surface area (Å²) in [6.07, 6.45) is 9.66. The Morgan fingerprint density at radius 3 is 2.59 bits per heavy atom. The van der Waals surface area contributed by atoms with Gasteiger partial charge in [0.1, 0.15) is 0 Å². The second-order valence-corrected chi connectivity index (χ2v) is 4.49. The molecule has 0 N–H and O–H groups in total. The topological polar surface area (TPSA) is 41.9 Å². The van der Waals surface area contributed by atoms with E-state index in [0.717, 1.165) is 23.6 Å². The fourth-order valence-corrected chi connectivity index (χ4v) is 2.17. The van der Waals surface area contributed by atoms with Gasteiger partial charge in [-0.3, -0.25) is 4.98 Å². The molecule has 17 heavy (non-hydrogen) atoms. The fraction of sp³-hybridized carbons (Fsp3) is 0.462. The lowest BCUT2D eigenvalue weighted by atomic mass is 9.99. The zero-order valence-electron chi connectivity index (χ0n) is 10.6. The molecule has 0 saturated carbocycles. The van der Waals surface area contributed by atoms with Crippen LogP contribution < -0.4 is 0 Å². The number of rotatable bonds is 4. The molecule has 0 aliphatic heterocycles. The zero-order chi connectivity index (χ0) is 12.3. The van der Waals surface area contributed by atoms with Gasteiger partial charge in [-0.15, -0.1) is 0 Å². The third-order valence-corrected chi connectivity index (χ3v) is 3.04. The third kappa shape index (κ3) is 2.42. The molecule has 2 aromatic rings. The molecule has 0 aliphatic carbocycles. The number of aromatic nitrogens is 3. The number of hydrogen-bond donors (Lipinski definition) is 0. The largest absolute Gasteiger partial charge is 0.302 e. The average molecular weight is 230 g/mol. The molecule has 0 saturated heterocycles. The van der Waals surface area contributed by atoms with E-state index in [4.69, 9.17) is 0 Å². The number of nitrogens with zero attached hydrogens (tertiary/aromatic N) is 4. The van der Waals surface area contributed by atoms with Crippen LogP contribution in [0.1, 0.15) is 31.4 Å². The zero-order valence-corrected chi connectivity index (χ0v) is 10.6. The molecule has 90 valence electrons. The molecular weight excluding hydrogens is 212 g/mol. The second kappa shape index (κ2) is 5.19.